The molecule has 3 nitrogen and oxygen atoms in total. The highest BCUT2D eigenvalue weighted by Crippen LogP contribution is 2.22. The Morgan fingerprint density at radius 2 is 1.88 bits per heavy atom. The molecule has 0 saturated heterocycles. The first-order valence-electron chi connectivity index (χ1n) is 5.40. The Labute approximate surface area is 107 Å². The van der Waals surface area contributed by atoms with Crippen LogP contribution >= 0.6 is 11.6 Å². The normalized spacial score (nSPS) is 11.4. The van der Waals surface area contributed by atoms with Gasteiger partial charge in [-0.3, -0.25) is 0 Å². The maximum absolute atomic E-state index is 11.9. The highest BCUT2D eigenvalue weighted by atomic mass is 35.5. The average Bonchev–Trinajstić information content (AvgIpc) is 2.24. The third-order valence-corrected chi connectivity index (χ3v) is 4.66. The minimum Gasteiger partial charge on any atom is -0.300 e. The maximum atomic E-state index is 11.9. The average molecular weight is 275 g/mol. The van der Waals surface area contributed by atoms with Crippen molar-refractivity contribution >= 4 is 27.2 Å². The lowest BCUT2D eigenvalue weighted by atomic mass is 10.2. The van der Waals surface area contributed by atoms with Crippen LogP contribution in [0.25, 0.3) is 0 Å². The third kappa shape index (κ3) is 4.48. The molecule has 1 aromatic carbocycles. The summed E-state index contributed by atoms with van der Waals surface area (Å²) in [5, 5.41) is 0.249. The molecule has 1 aromatic rings. The molecule has 0 heterocycles. The first-order valence-corrected chi connectivity index (χ1v) is 7.43. The van der Waals surface area contributed by atoms with Crippen molar-refractivity contribution in [2.75, 3.05) is 5.75 Å². The van der Waals surface area contributed by atoms with Crippen LogP contribution in [-0.4, -0.2) is 20.0 Å². The van der Waals surface area contributed by atoms with Gasteiger partial charge in [0.15, 0.2) is 9.84 Å². The summed E-state index contributed by atoms with van der Waals surface area (Å²) in [4.78, 5) is 10.9. The number of benzene rings is 1. The molecule has 94 valence electrons. The number of sulfone groups is 1. The lowest BCUT2D eigenvalue weighted by Gasteiger charge is -2.05. The molecule has 0 fully saturated rings. The topological polar surface area (TPSA) is 51.2 Å². The summed E-state index contributed by atoms with van der Waals surface area (Å²) >= 11 is 5.84. The van der Waals surface area contributed by atoms with Gasteiger partial charge in [-0.2, -0.15) is 0 Å². The van der Waals surface area contributed by atoms with Crippen LogP contribution in [-0.2, 0) is 14.6 Å². The Bertz CT molecular complexity index is 494. The largest absolute Gasteiger partial charge is 0.300 e. The molecule has 0 aliphatic carbocycles. The van der Waals surface area contributed by atoms with E-state index in [1.807, 2.05) is 0 Å². The van der Waals surface area contributed by atoms with Crippen LogP contribution in [0, 0.1) is 0 Å². The Morgan fingerprint density at radius 3 is 2.47 bits per heavy atom. The van der Waals surface area contributed by atoms with Gasteiger partial charge in [0.2, 0.25) is 0 Å². The second-order valence-electron chi connectivity index (χ2n) is 3.91. The van der Waals surface area contributed by atoms with E-state index in [4.69, 9.17) is 11.6 Å². The summed E-state index contributed by atoms with van der Waals surface area (Å²) < 4.78 is 23.9. The first kappa shape index (κ1) is 14.2. The Balaban J connectivity index is 2.64. The second kappa shape index (κ2) is 6.17. The Kier molecular flexibility index (Phi) is 5.15. The fourth-order valence-electron chi connectivity index (χ4n) is 1.47. The van der Waals surface area contributed by atoms with Crippen molar-refractivity contribution in [2.24, 2.45) is 0 Å². The molecular formula is C12H15ClO3S. The van der Waals surface area contributed by atoms with E-state index in [9.17, 15) is 13.2 Å². The molecule has 0 aliphatic heterocycles. The molecule has 0 unspecified atom stereocenters. The van der Waals surface area contributed by atoms with Gasteiger partial charge in [-0.1, -0.05) is 23.7 Å². The summed E-state index contributed by atoms with van der Waals surface area (Å²) in [6, 6.07) is 6.40. The number of carbonyl (C=O) groups is 1. The molecule has 0 bridgehead atoms. The number of carbonyl (C=O) groups excluding carboxylic acids is 1. The monoisotopic (exact) mass is 274 g/mol. The predicted molar refractivity (Wildman–Crippen MR) is 68.0 cm³/mol. The van der Waals surface area contributed by atoms with E-state index in [-0.39, 0.29) is 21.5 Å². The van der Waals surface area contributed by atoms with Crippen molar-refractivity contribution in [3.8, 4) is 0 Å². The summed E-state index contributed by atoms with van der Waals surface area (Å²) in [5.74, 6) is 0.115. The van der Waals surface area contributed by atoms with Crippen LogP contribution in [0.3, 0.4) is 0 Å². The minimum absolute atomic E-state index is 0.0318. The van der Waals surface area contributed by atoms with E-state index in [2.05, 4.69) is 0 Å². The number of unbranched alkanes of at least 4 members (excludes halogenated alkanes) is 1. The standard InChI is InChI=1S/C12H15ClO3S/c1-10(14)6-4-5-9-17(15,16)12-8-3-2-7-11(12)13/h2-3,7-8H,4-6,9H2,1H3. The molecule has 5 heteroatoms. The van der Waals surface area contributed by atoms with Crippen molar-refractivity contribution in [1.82, 2.24) is 0 Å². The van der Waals surface area contributed by atoms with E-state index in [0.717, 1.165) is 0 Å². The molecule has 0 aromatic heterocycles. The smallest absolute Gasteiger partial charge is 0.179 e. The molecule has 0 N–H and O–H groups in total. The number of Topliss-reactive ketones (excluding diaryl/α,β-unsaturated/α-hetero) is 1. The lowest BCUT2D eigenvalue weighted by molar-refractivity contribution is -0.117. The van der Waals surface area contributed by atoms with Crippen LogP contribution in [0.1, 0.15) is 26.2 Å². The number of hydrogen-bond acceptors (Lipinski definition) is 3. The summed E-state index contributed by atoms with van der Waals surface area (Å²) in [6.45, 7) is 1.50. The van der Waals surface area contributed by atoms with E-state index >= 15 is 0 Å². The Morgan fingerprint density at radius 1 is 1.24 bits per heavy atom. The van der Waals surface area contributed by atoms with Crippen molar-refractivity contribution in [3.05, 3.63) is 29.3 Å². The summed E-state index contributed by atoms with van der Waals surface area (Å²) in [6.07, 6.45) is 1.50. The molecule has 0 saturated carbocycles. The number of ketones is 1. The molecular weight excluding hydrogens is 260 g/mol. The summed E-state index contributed by atoms with van der Waals surface area (Å²) in [7, 11) is -3.33. The number of hydrogen-bond donors (Lipinski definition) is 0. The van der Waals surface area contributed by atoms with Crippen molar-refractivity contribution in [2.45, 2.75) is 31.1 Å². The second-order valence-corrected chi connectivity index (χ2v) is 6.39. The van der Waals surface area contributed by atoms with Crippen LogP contribution < -0.4 is 0 Å². The van der Waals surface area contributed by atoms with E-state index in [1.54, 1.807) is 18.2 Å². The molecule has 17 heavy (non-hydrogen) atoms. The SMILES string of the molecule is CC(=O)CCCCS(=O)(=O)c1ccccc1Cl. The fraction of sp³-hybridized carbons (Fsp3) is 0.417. The van der Waals surface area contributed by atoms with E-state index < -0.39 is 9.84 Å². The van der Waals surface area contributed by atoms with Gasteiger partial charge in [0.1, 0.15) is 5.78 Å². The first-order chi connectivity index (χ1) is 7.93. The van der Waals surface area contributed by atoms with Crippen LogP contribution in [0.4, 0.5) is 0 Å². The number of rotatable bonds is 6. The lowest BCUT2D eigenvalue weighted by Crippen LogP contribution is -2.07. The zero-order valence-electron chi connectivity index (χ0n) is 9.65. The minimum atomic E-state index is -3.33. The predicted octanol–water partition coefficient (Wildman–Crippen LogP) is 2.87. The van der Waals surface area contributed by atoms with Gasteiger partial charge in [-0.05, 0) is 31.9 Å². The van der Waals surface area contributed by atoms with E-state index in [0.29, 0.717) is 19.3 Å². The van der Waals surface area contributed by atoms with Gasteiger partial charge in [-0.15, -0.1) is 0 Å². The van der Waals surface area contributed by atoms with Gasteiger partial charge in [0.25, 0.3) is 0 Å². The molecule has 0 spiro atoms. The van der Waals surface area contributed by atoms with Gasteiger partial charge < -0.3 is 4.79 Å². The van der Waals surface area contributed by atoms with Gasteiger partial charge in [-0.25, -0.2) is 8.42 Å². The molecule has 0 atom stereocenters. The summed E-state index contributed by atoms with van der Waals surface area (Å²) in [5.41, 5.74) is 0. The van der Waals surface area contributed by atoms with Crippen molar-refractivity contribution in [1.29, 1.82) is 0 Å². The van der Waals surface area contributed by atoms with Gasteiger partial charge in [0.05, 0.1) is 15.7 Å². The maximum Gasteiger partial charge on any atom is 0.179 e. The van der Waals surface area contributed by atoms with Crippen molar-refractivity contribution < 1.29 is 13.2 Å². The van der Waals surface area contributed by atoms with Crippen LogP contribution in [0.2, 0.25) is 5.02 Å². The quantitative estimate of drug-likeness (QED) is 0.750. The van der Waals surface area contributed by atoms with Crippen molar-refractivity contribution in [3.63, 3.8) is 0 Å². The molecule has 0 aliphatic rings. The molecule has 0 amide bonds. The van der Waals surface area contributed by atoms with Crippen LogP contribution in [0.15, 0.2) is 29.2 Å². The highest BCUT2D eigenvalue weighted by Gasteiger charge is 2.16. The number of halogens is 1. The molecule has 1 rings (SSSR count). The van der Waals surface area contributed by atoms with Crippen LogP contribution in [0.5, 0.6) is 0 Å². The zero-order chi connectivity index (χ0) is 12.9. The fourth-order valence-corrected chi connectivity index (χ4v) is 3.42. The third-order valence-electron chi connectivity index (χ3n) is 2.36. The van der Waals surface area contributed by atoms with Gasteiger partial charge >= 0.3 is 0 Å². The zero-order valence-corrected chi connectivity index (χ0v) is 11.2. The van der Waals surface area contributed by atoms with Gasteiger partial charge in [0, 0.05) is 6.42 Å². The molecule has 0 radical (unpaired) electrons. The highest BCUT2D eigenvalue weighted by molar-refractivity contribution is 7.91. The van der Waals surface area contributed by atoms with E-state index in [1.165, 1.54) is 13.0 Å². The Hall–Kier alpha value is -0.870.